The van der Waals surface area contributed by atoms with Gasteiger partial charge in [0, 0.05) is 5.56 Å². The third-order valence-corrected chi connectivity index (χ3v) is 2.72. The molecular formula is C15H11F3N2O2. The van der Waals surface area contributed by atoms with Crippen LogP contribution in [0.25, 0.3) is 0 Å². The molecule has 0 heterocycles. The van der Waals surface area contributed by atoms with Crippen LogP contribution in [0, 0.1) is 0 Å². The second kappa shape index (κ2) is 6.30. The summed E-state index contributed by atoms with van der Waals surface area (Å²) >= 11 is 0. The Morgan fingerprint density at radius 3 is 2.45 bits per heavy atom. The number of hydrazone groups is 1. The van der Waals surface area contributed by atoms with E-state index in [0.29, 0.717) is 5.56 Å². The van der Waals surface area contributed by atoms with E-state index in [1.807, 2.05) is 0 Å². The van der Waals surface area contributed by atoms with Crippen molar-refractivity contribution in [2.24, 2.45) is 5.10 Å². The normalized spacial score (nSPS) is 11.6. The fourth-order valence-corrected chi connectivity index (χ4v) is 1.63. The van der Waals surface area contributed by atoms with E-state index in [9.17, 15) is 18.0 Å². The van der Waals surface area contributed by atoms with Gasteiger partial charge < -0.3 is 5.11 Å². The van der Waals surface area contributed by atoms with E-state index >= 15 is 0 Å². The lowest BCUT2D eigenvalue weighted by atomic mass is 10.1. The smallest absolute Gasteiger partial charge is 0.416 e. The van der Waals surface area contributed by atoms with Crippen LogP contribution in [-0.2, 0) is 6.18 Å². The van der Waals surface area contributed by atoms with Crippen molar-refractivity contribution in [3.63, 3.8) is 0 Å². The largest absolute Gasteiger partial charge is 0.508 e. The van der Waals surface area contributed by atoms with Crippen LogP contribution in [0.2, 0.25) is 0 Å². The number of phenols is 1. The van der Waals surface area contributed by atoms with E-state index in [-0.39, 0.29) is 11.3 Å². The molecule has 7 heteroatoms. The van der Waals surface area contributed by atoms with Gasteiger partial charge in [0.15, 0.2) is 0 Å². The van der Waals surface area contributed by atoms with Crippen LogP contribution in [0.3, 0.4) is 0 Å². The SMILES string of the molecule is O=C(N/N=C\c1ccc(O)cc1)c1cccc(C(F)(F)F)c1. The summed E-state index contributed by atoms with van der Waals surface area (Å²) in [7, 11) is 0. The van der Waals surface area contributed by atoms with E-state index in [2.05, 4.69) is 10.5 Å². The molecule has 0 saturated carbocycles. The van der Waals surface area contributed by atoms with Gasteiger partial charge in [-0.25, -0.2) is 5.43 Å². The van der Waals surface area contributed by atoms with Gasteiger partial charge in [0.25, 0.3) is 5.91 Å². The molecule has 0 spiro atoms. The molecule has 2 rings (SSSR count). The average Bonchev–Trinajstić information content (AvgIpc) is 2.48. The fraction of sp³-hybridized carbons (Fsp3) is 0.0667. The Labute approximate surface area is 123 Å². The van der Waals surface area contributed by atoms with E-state index in [4.69, 9.17) is 5.11 Å². The quantitative estimate of drug-likeness (QED) is 0.676. The molecular weight excluding hydrogens is 297 g/mol. The molecule has 0 atom stereocenters. The molecule has 0 unspecified atom stereocenters. The van der Waals surface area contributed by atoms with E-state index in [1.165, 1.54) is 24.4 Å². The zero-order valence-electron chi connectivity index (χ0n) is 11.1. The van der Waals surface area contributed by atoms with Crippen LogP contribution in [0.4, 0.5) is 13.2 Å². The Balaban J connectivity index is 2.05. The number of alkyl halides is 3. The Bertz CT molecular complexity index is 695. The Morgan fingerprint density at radius 2 is 1.82 bits per heavy atom. The first kappa shape index (κ1) is 15.6. The molecule has 0 fully saturated rings. The summed E-state index contributed by atoms with van der Waals surface area (Å²) in [6.07, 6.45) is -3.20. The number of aromatic hydroxyl groups is 1. The summed E-state index contributed by atoms with van der Waals surface area (Å²) in [5.74, 6) is -0.661. The van der Waals surface area contributed by atoms with Gasteiger partial charge in [-0.3, -0.25) is 4.79 Å². The summed E-state index contributed by atoms with van der Waals surface area (Å²) in [4.78, 5) is 11.7. The van der Waals surface area contributed by atoms with Crippen LogP contribution in [0.15, 0.2) is 53.6 Å². The monoisotopic (exact) mass is 308 g/mol. The third-order valence-electron chi connectivity index (χ3n) is 2.72. The Morgan fingerprint density at radius 1 is 1.14 bits per heavy atom. The molecule has 2 aromatic rings. The van der Waals surface area contributed by atoms with Gasteiger partial charge >= 0.3 is 6.18 Å². The van der Waals surface area contributed by atoms with Gasteiger partial charge in [0.2, 0.25) is 0 Å². The van der Waals surface area contributed by atoms with Crippen LogP contribution in [-0.4, -0.2) is 17.2 Å². The number of hydrogen-bond donors (Lipinski definition) is 2. The molecule has 2 N–H and O–H groups in total. The minimum absolute atomic E-state index is 0.0881. The lowest BCUT2D eigenvalue weighted by molar-refractivity contribution is -0.137. The molecule has 0 aliphatic rings. The van der Waals surface area contributed by atoms with E-state index in [1.54, 1.807) is 12.1 Å². The molecule has 114 valence electrons. The molecule has 2 aromatic carbocycles. The number of amides is 1. The molecule has 0 radical (unpaired) electrons. The number of nitrogens with one attached hydrogen (secondary N) is 1. The maximum absolute atomic E-state index is 12.6. The van der Waals surface area contributed by atoms with E-state index < -0.39 is 17.6 Å². The zero-order valence-corrected chi connectivity index (χ0v) is 11.1. The van der Waals surface area contributed by atoms with Crippen molar-refractivity contribution in [3.8, 4) is 5.75 Å². The van der Waals surface area contributed by atoms with Crippen molar-refractivity contribution in [1.82, 2.24) is 5.43 Å². The highest BCUT2D eigenvalue weighted by Gasteiger charge is 2.30. The number of nitrogens with zero attached hydrogens (tertiary/aromatic N) is 1. The van der Waals surface area contributed by atoms with Crippen molar-refractivity contribution < 1.29 is 23.1 Å². The highest BCUT2D eigenvalue weighted by molar-refractivity contribution is 5.95. The second-order valence-corrected chi connectivity index (χ2v) is 4.37. The van der Waals surface area contributed by atoms with Crippen LogP contribution < -0.4 is 5.43 Å². The van der Waals surface area contributed by atoms with Crippen LogP contribution in [0.5, 0.6) is 5.75 Å². The van der Waals surface area contributed by atoms with Crippen LogP contribution in [0.1, 0.15) is 21.5 Å². The number of phenolic OH excluding ortho intramolecular Hbond substituents is 1. The van der Waals surface area contributed by atoms with Crippen molar-refractivity contribution in [2.45, 2.75) is 6.18 Å². The number of hydrogen-bond acceptors (Lipinski definition) is 3. The maximum atomic E-state index is 12.6. The molecule has 22 heavy (non-hydrogen) atoms. The highest BCUT2D eigenvalue weighted by Crippen LogP contribution is 2.29. The van der Waals surface area contributed by atoms with Gasteiger partial charge in [-0.1, -0.05) is 6.07 Å². The zero-order chi connectivity index (χ0) is 16.2. The maximum Gasteiger partial charge on any atom is 0.416 e. The molecule has 0 aliphatic heterocycles. The van der Waals surface area contributed by atoms with Crippen LogP contribution >= 0.6 is 0 Å². The Hall–Kier alpha value is -2.83. The number of carbonyl (C=O) groups is 1. The standard InChI is InChI=1S/C15H11F3N2O2/c16-15(17,18)12-3-1-2-11(8-12)14(22)20-19-9-10-4-6-13(21)7-5-10/h1-9,21H,(H,20,22)/b19-9-. The summed E-state index contributed by atoms with van der Waals surface area (Å²) in [5.41, 5.74) is 1.71. The molecule has 1 amide bonds. The lowest BCUT2D eigenvalue weighted by Gasteiger charge is -2.07. The Kier molecular flexibility index (Phi) is 4.45. The van der Waals surface area contributed by atoms with Gasteiger partial charge in [-0.15, -0.1) is 0 Å². The fourth-order valence-electron chi connectivity index (χ4n) is 1.63. The van der Waals surface area contributed by atoms with Crippen molar-refractivity contribution >= 4 is 12.1 Å². The topological polar surface area (TPSA) is 61.7 Å². The average molecular weight is 308 g/mol. The molecule has 4 nitrogen and oxygen atoms in total. The summed E-state index contributed by atoms with van der Waals surface area (Å²) < 4.78 is 37.7. The number of benzene rings is 2. The van der Waals surface area contributed by atoms with E-state index in [0.717, 1.165) is 18.2 Å². The number of carbonyl (C=O) groups excluding carboxylic acids is 1. The minimum atomic E-state index is -4.51. The first-order valence-corrected chi connectivity index (χ1v) is 6.16. The molecule has 0 aromatic heterocycles. The summed E-state index contributed by atoms with van der Waals surface area (Å²) in [6.45, 7) is 0. The van der Waals surface area contributed by atoms with Gasteiger partial charge in [-0.2, -0.15) is 18.3 Å². The second-order valence-electron chi connectivity index (χ2n) is 4.37. The molecule has 0 saturated heterocycles. The minimum Gasteiger partial charge on any atom is -0.508 e. The van der Waals surface area contributed by atoms with Gasteiger partial charge in [0.1, 0.15) is 5.75 Å². The highest BCUT2D eigenvalue weighted by atomic mass is 19.4. The van der Waals surface area contributed by atoms with Crippen molar-refractivity contribution in [1.29, 1.82) is 0 Å². The first-order chi connectivity index (χ1) is 10.4. The predicted molar refractivity (Wildman–Crippen MR) is 74.6 cm³/mol. The predicted octanol–water partition coefficient (Wildman–Crippen LogP) is 3.17. The molecule has 0 bridgehead atoms. The van der Waals surface area contributed by atoms with Gasteiger partial charge in [0.05, 0.1) is 11.8 Å². The lowest BCUT2D eigenvalue weighted by Crippen LogP contribution is -2.18. The number of halogens is 3. The molecule has 0 aliphatic carbocycles. The first-order valence-electron chi connectivity index (χ1n) is 6.16. The summed E-state index contributed by atoms with van der Waals surface area (Å²) in [6, 6.07) is 10.1. The van der Waals surface area contributed by atoms with Crippen molar-refractivity contribution in [3.05, 3.63) is 65.2 Å². The number of rotatable bonds is 3. The van der Waals surface area contributed by atoms with Crippen molar-refractivity contribution in [2.75, 3.05) is 0 Å². The summed E-state index contributed by atoms with van der Waals surface area (Å²) in [5, 5.41) is 12.8. The third kappa shape index (κ3) is 4.08. The van der Waals surface area contributed by atoms with Gasteiger partial charge in [-0.05, 0) is 48.0 Å².